The predicted molar refractivity (Wildman–Crippen MR) is 149 cm³/mol. The molecule has 0 radical (unpaired) electrons. The van der Waals surface area contributed by atoms with Gasteiger partial charge < -0.3 is 28.9 Å². The molecule has 3 heterocycles. The molecule has 202 valence electrons. The lowest BCUT2D eigenvalue weighted by Crippen LogP contribution is -2.65. The molecule has 5 aromatic rings. The standard InChI is InChI=1S/C33H28O7/c1-13-7-18(34)26-20(9-13)38-22-11-23-24(16(4)25(22)26)17-6-15(3)12-32(5)28-27-19(35)8-14(2)10-21(27)39-29(28)31(36)33(37,40-23)30(17)32/h6-11,17,30,34-35,37H,12H2,1-5H3/t17-,30+,32+,33-/m0/s1. The summed E-state index contributed by atoms with van der Waals surface area (Å²) in [5, 5.41) is 36.1. The number of aliphatic hydroxyl groups is 1. The van der Waals surface area contributed by atoms with Crippen LogP contribution in [0.4, 0.5) is 0 Å². The Labute approximate surface area is 229 Å². The summed E-state index contributed by atoms with van der Waals surface area (Å²) in [6.45, 7) is 9.78. The number of carbonyl (C=O) groups is 1. The van der Waals surface area contributed by atoms with Gasteiger partial charge in [0.05, 0.1) is 16.7 Å². The molecule has 0 fully saturated rings. The van der Waals surface area contributed by atoms with Gasteiger partial charge in [-0.25, -0.2) is 0 Å². The number of furan rings is 2. The average molecular weight is 537 g/mol. The third-order valence-electron chi connectivity index (χ3n) is 9.44. The number of carbonyl (C=O) groups excluding carboxylic acids is 1. The van der Waals surface area contributed by atoms with Crippen LogP contribution < -0.4 is 4.74 Å². The Kier molecular flexibility index (Phi) is 4.19. The summed E-state index contributed by atoms with van der Waals surface area (Å²) in [6.07, 6.45) is 2.67. The number of ketones is 1. The van der Waals surface area contributed by atoms with E-state index < -0.39 is 22.9 Å². The summed E-state index contributed by atoms with van der Waals surface area (Å²) in [5.74, 6) is -3.35. The Hall–Kier alpha value is -4.23. The van der Waals surface area contributed by atoms with Gasteiger partial charge in [-0.2, -0.15) is 0 Å². The second-order valence-electron chi connectivity index (χ2n) is 12.2. The van der Waals surface area contributed by atoms with Crippen molar-refractivity contribution < 1.29 is 33.7 Å². The fraction of sp³-hybridized carbons (Fsp3) is 0.303. The Bertz CT molecular complexity index is 2040. The summed E-state index contributed by atoms with van der Waals surface area (Å²) in [7, 11) is 0. The van der Waals surface area contributed by atoms with E-state index in [2.05, 4.69) is 6.08 Å². The fourth-order valence-corrected chi connectivity index (χ4v) is 8.19. The molecule has 3 aromatic carbocycles. The summed E-state index contributed by atoms with van der Waals surface area (Å²) in [5.41, 5.74) is 5.76. The largest absolute Gasteiger partial charge is 0.507 e. The number of ether oxygens (including phenoxy) is 1. The normalized spacial score (nSPS) is 26.9. The maximum absolute atomic E-state index is 14.1. The van der Waals surface area contributed by atoms with Crippen molar-refractivity contribution in [3.8, 4) is 17.2 Å². The van der Waals surface area contributed by atoms with Crippen LogP contribution in [0.2, 0.25) is 0 Å². The van der Waals surface area contributed by atoms with E-state index in [-0.39, 0.29) is 23.2 Å². The van der Waals surface area contributed by atoms with Gasteiger partial charge in [0.2, 0.25) is 0 Å². The van der Waals surface area contributed by atoms with Crippen molar-refractivity contribution in [3.05, 3.63) is 75.6 Å². The molecule has 0 saturated heterocycles. The highest BCUT2D eigenvalue weighted by molar-refractivity contribution is 6.12. The molecule has 0 saturated carbocycles. The third kappa shape index (κ3) is 2.61. The maximum Gasteiger partial charge on any atom is 0.280 e. The summed E-state index contributed by atoms with van der Waals surface area (Å²) in [4.78, 5) is 14.1. The number of hydrogen-bond acceptors (Lipinski definition) is 7. The van der Waals surface area contributed by atoms with Crippen molar-refractivity contribution in [2.75, 3.05) is 0 Å². The second kappa shape index (κ2) is 7.09. The van der Waals surface area contributed by atoms with Crippen molar-refractivity contribution in [1.82, 2.24) is 0 Å². The zero-order valence-corrected chi connectivity index (χ0v) is 22.8. The number of phenolic OH excluding ortho intramolecular Hbond substituents is 2. The average Bonchev–Trinajstić information content (AvgIpc) is 3.41. The molecule has 2 aromatic heterocycles. The van der Waals surface area contributed by atoms with E-state index in [1.165, 1.54) is 0 Å². The number of phenols is 2. The lowest BCUT2D eigenvalue weighted by molar-refractivity contribution is -0.176. The topological polar surface area (TPSA) is 113 Å². The number of hydrogen-bond donors (Lipinski definition) is 3. The zero-order valence-electron chi connectivity index (χ0n) is 22.8. The molecule has 8 rings (SSSR count). The van der Waals surface area contributed by atoms with E-state index in [0.29, 0.717) is 45.3 Å². The highest BCUT2D eigenvalue weighted by atomic mass is 16.6. The summed E-state index contributed by atoms with van der Waals surface area (Å²) < 4.78 is 18.6. The Balaban J connectivity index is 1.47. The number of allylic oxidation sites excluding steroid dienone is 2. The minimum atomic E-state index is -2.19. The summed E-state index contributed by atoms with van der Waals surface area (Å²) in [6, 6.07) is 8.78. The Morgan fingerprint density at radius 3 is 2.17 bits per heavy atom. The van der Waals surface area contributed by atoms with E-state index in [1.807, 2.05) is 40.7 Å². The van der Waals surface area contributed by atoms with E-state index in [0.717, 1.165) is 33.2 Å². The molecule has 3 aliphatic rings. The van der Waals surface area contributed by atoms with Crippen LogP contribution in [0.15, 0.2) is 50.8 Å². The zero-order chi connectivity index (χ0) is 28.0. The lowest BCUT2D eigenvalue weighted by Gasteiger charge is -2.56. The number of Topliss-reactive ketones (excluding diaryl/α,β-unsaturated/α-hetero) is 1. The van der Waals surface area contributed by atoms with Crippen molar-refractivity contribution in [2.45, 2.75) is 58.2 Å². The summed E-state index contributed by atoms with van der Waals surface area (Å²) >= 11 is 0. The van der Waals surface area contributed by atoms with Gasteiger partial charge in [0, 0.05) is 33.9 Å². The van der Waals surface area contributed by atoms with E-state index in [9.17, 15) is 20.1 Å². The SMILES string of the molecule is CC1=C[C@H]2c3c(cc4oc5cc(C)cc(O)c5c4c3C)O[C@]3(O)C(=O)c4oc5cc(C)cc(O)c5c4[C@@](C)(C1)[C@@H]23. The monoisotopic (exact) mass is 536 g/mol. The molecule has 3 N–H and O–H groups in total. The van der Waals surface area contributed by atoms with Crippen LogP contribution in [0.5, 0.6) is 17.2 Å². The number of aromatic hydroxyl groups is 2. The molecule has 1 aliphatic heterocycles. The molecule has 40 heavy (non-hydrogen) atoms. The van der Waals surface area contributed by atoms with Crippen molar-refractivity contribution in [3.63, 3.8) is 0 Å². The van der Waals surface area contributed by atoms with Crippen LogP contribution in [0.3, 0.4) is 0 Å². The van der Waals surface area contributed by atoms with Crippen LogP contribution in [0, 0.1) is 26.7 Å². The minimum absolute atomic E-state index is 0.0241. The predicted octanol–water partition coefficient (Wildman–Crippen LogP) is 6.95. The van der Waals surface area contributed by atoms with Gasteiger partial charge in [-0.3, -0.25) is 4.79 Å². The molecule has 2 aliphatic carbocycles. The molecular weight excluding hydrogens is 508 g/mol. The number of aryl methyl sites for hydroxylation is 3. The first-order chi connectivity index (χ1) is 18.9. The lowest BCUT2D eigenvalue weighted by atomic mass is 9.51. The van der Waals surface area contributed by atoms with E-state index >= 15 is 0 Å². The van der Waals surface area contributed by atoms with Gasteiger partial charge >= 0.3 is 0 Å². The molecule has 0 spiro atoms. The second-order valence-corrected chi connectivity index (χ2v) is 12.2. The fourth-order valence-electron chi connectivity index (χ4n) is 8.19. The molecule has 0 amide bonds. The highest BCUT2D eigenvalue weighted by Crippen LogP contribution is 2.64. The van der Waals surface area contributed by atoms with Gasteiger partial charge in [-0.1, -0.05) is 18.6 Å². The number of fused-ring (bicyclic) bond motifs is 9. The molecule has 0 unspecified atom stereocenters. The van der Waals surface area contributed by atoms with Gasteiger partial charge in [0.25, 0.3) is 11.6 Å². The van der Waals surface area contributed by atoms with Gasteiger partial charge in [-0.05, 0) is 75.1 Å². The molecular formula is C33H28O7. The van der Waals surface area contributed by atoms with Crippen molar-refractivity contribution >= 4 is 38.7 Å². The van der Waals surface area contributed by atoms with Crippen LogP contribution in [0.1, 0.15) is 64.6 Å². The maximum atomic E-state index is 14.1. The third-order valence-corrected chi connectivity index (χ3v) is 9.44. The molecule has 0 bridgehead atoms. The van der Waals surface area contributed by atoms with Gasteiger partial charge in [0.15, 0.2) is 5.76 Å². The molecule has 7 nitrogen and oxygen atoms in total. The minimum Gasteiger partial charge on any atom is -0.507 e. The smallest absolute Gasteiger partial charge is 0.280 e. The van der Waals surface area contributed by atoms with Crippen LogP contribution in [-0.4, -0.2) is 26.9 Å². The van der Waals surface area contributed by atoms with Crippen molar-refractivity contribution in [2.24, 2.45) is 5.92 Å². The number of rotatable bonds is 0. The molecule has 4 atom stereocenters. The van der Waals surface area contributed by atoms with Crippen molar-refractivity contribution in [1.29, 1.82) is 0 Å². The van der Waals surface area contributed by atoms with Crippen LogP contribution in [0.25, 0.3) is 32.9 Å². The first-order valence-electron chi connectivity index (χ1n) is 13.5. The van der Waals surface area contributed by atoms with Crippen LogP contribution in [-0.2, 0) is 5.41 Å². The first-order valence-corrected chi connectivity index (χ1v) is 13.5. The van der Waals surface area contributed by atoms with E-state index in [4.69, 9.17) is 13.6 Å². The van der Waals surface area contributed by atoms with E-state index in [1.54, 1.807) is 24.3 Å². The quantitative estimate of drug-likeness (QED) is 0.184. The van der Waals surface area contributed by atoms with Gasteiger partial charge in [-0.15, -0.1) is 0 Å². The van der Waals surface area contributed by atoms with Gasteiger partial charge in [0.1, 0.15) is 34.0 Å². The molecule has 7 heteroatoms. The Morgan fingerprint density at radius 2 is 1.48 bits per heavy atom. The number of benzene rings is 3. The Morgan fingerprint density at radius 1 is 0.850 bits per heavy atom. The first kappa shape index (κ1) is 23.6. The highest BCUT2D eigenvalue weighted by Gasteiger charge is 2.68. The van der Waals surface area contributed by atoms with Crippen LogP contribution >= 0.6 is 0 Å².